The Morgan fingerprint density at radius 3 is 2.52 bits per heavy atom. The van der Waals surface area contributed by atoms with E-state index in [1.807, 2.05) is 43.3 Å². The highest BCUT2D eigenvalue weighted by molar-refractivity contribution is 14.0. The summed E-state index contributed by atoms with van der Waals surface area (Å²) >= 11 is 0. The summed E-state index contributed by atoms with van der Waals surface area (Å²) in [6.07, 6.45) is 0. The minimum absolute atomic E-state index is 0. The van der Waals surface area contributed by atoms with E-state index in [0.29, 0.717) is 23.9 Å². The van der Waals surface area contributed by atoms with Gasteiger partial charge in [0.15, 0.2) is 5.96 Å². The molecule has 0 atom stereocenters. The quantitative estimate of drug-likeness (QED) is 0.211. The van der Waals surface area contributed by atoms with Gasteiger partial charge in [-0.2, -0.15) is 0 Å². The van der Waals surface area contributed by atoms with Gasteiger partial charge in [-0.1, -0.05) is 24.3 Å². The van der Waals surface area contributed by atoms with Crippen molar-refractivity contribution in [3.05, 3.63) is 59.2 Å². The predicted octanol–water partition coefficient (Wildman–Crippen LogP) is 2.57. The third-order valence-corrected chi connectivity index (χ3v) is 5.76. The molecule has 0 aliphatic rings. The molecule has 0 radical (unpaired) electrons. The molecule has 0 aliphatic heterocycles. The van der Waals surface area contributed by atoms with E-state index < -0.39 is 10.0 Å². The van der Waals surface area contributed by atoms with Crippen LogP contribution in [0.3, 0.4) is 0 Å². The molecule has 2 aromatic rings. The van der Waals surface area contributed by atoms with Crippen LogP contribution in [0, 0.1) is 13.8 Å². The highest BCUT2D eigenvalue weighted by atomic mass is 127. The van der Waals surface area contributed by atoms with Gasteiger partial charge in [0.05, 0.1) is 12.0 Å². The van der Waals surface area contributed by atoms with Crippen LogP contribution in [0.15, 0.2) is 52.4 Å². The molecule has 2 rings (SSSR count). The second kappa shape index (κ2) is 12.0. The first kappa shape index (κ1) is 25.2. The van der Waals surface area contributed by atoms with Crippen molar-refractivity contribution >= 4 is 40.0 Å². The maximum atomic E-state index is 12.5. The van der Waals surface area contributed by atoms with Crippen molar-refractivity contribution in [1.29, 1.82) is 0 Å². The van der Waals surface area contributed by atoms with E-state index in [0.717, 1.165) is 22.4 Å². The number of nitrogens with zero attached hydrogens (tertiary/aromatic N) is 1. The zero-order valence-electron chi connectivity index (χ0n) is 17.2. The molecular formula is C20H29IN4O3S. The molecule has 0 aliphatic carbocycles. The Morgan fingerprint density at radius 1 is 1.07 bits per heavy atom. The topological polar surface area (TPSA) is 91.8 Å². The molecule has 2 aromatic carbocycles. The molecule has 0 saturated carbocycles. The van der Waals surface area contributed by atoms with Crippen molar-refractivity contribution in [2.45, 2.75) is 25.3 Å². The first-order valence-corrected chi connectivity index (χ1v) is 10.5. The van der Waals surface area contributed by atoms with Crippen molar-refractivity contribution in [2.75, 3.05) is 27.2 Å². The van der Waals surface area contributed by atoms with E-state index >= 15 is 0 Å². The van der Waals surface area contributed by atoms with Gasteiger partial charge in [-0.25, -0.2) is 13.1 Å². The van der Waals surface area contributed by atoms with E-state index in [2.05, 4.69) is 20.3 Å². The first-order valence-electron chi connectivity index (χ1n) is 9.00. The molecule has 0 fully saturated rings. The van der Waals surface area contributed by atoms with Gasteiger partial charge >= 0.3 is 0 Å². The fourth-order valence-electron chi connectivity index (χ4n) is 2.63. The Kier molecular flexibility index (Phi) is 10.4. The van der Waals surface area contributed by atoms with Crippen LogP contribution in [0.1, 0.15) is 16.7 Å². The second-order valence-electron chi connectivity index (χ2n) is 6.37. The minimum Gasteiger partial charge on any atom is -0.497 e. The standard InChI is InChI=1S/C20H28N4O3S.HI/c1-15-8-9-16(2)19(12-15)28(25,26)24-11-10-22-20(21-3)23-14-17-6-5-7-18(13-17)27-4;/h5-9,12-13,24H,10-11,14H2,1-4H3,(H2,21,22,23);1H. The van der Waals surface area contributed by atoms with Gasteiger partial charge in [0, 0.05) is 26.7 Å². The third-order valence-electron chi connectivity index (χ3n) is 4.16. The van der Waals surface area contributed by atoms with Crippen molar-refractivity contribution in [1.82, 2.24) is 15.4 Å². The largest absolute Gasteiger partial charge is 0.497 e. The number of aryl methyl sites for hydroxylation is 2. The number of rotatable bonds is 8. The maximum absolute atomic E-state index is 12.5. The number of methoxy groups -OCH3 is 1. The number of ether oxygens (including phenoxy) is 1. The molecule has 0 spiro atoms. The van der Waals surface area contributed by atoms with E-state index in [1.165, 1.54) is 0 Å². The van der Waals surface area contributed by atoms with E-state index in [4.69, 9.17) is 4.74 Å². The summed E-state index contributed by atoms with van der Waals surface area (Å²) in [5.74, 6) is 1.39. The number of hydrogen-bond donors (Lipinski definition) is 3. The summed E-state index contributed by atoms with van der Waals surface area (Å²) in [6.45, 7) is 4.89. The lowest BCUT2D eigenvalue weighted by molar-refractivity contribution is 0.414. The number of halogens is 1. The molecule has 29 heavy (non-hydrogen) atoms. The molecule has 0 bridgehead atoms. The highest BCUT2D eigenvalue weighted by Gasteiger charge is 2.16. The van der Waals surface area contributed by atoms with Gasteiger partial charge in [0.2, 0.25) is 10.0 Å². The van der Waals surface area contributed by atoms with Gasteiger partial charge in [-0.15, -0.1) is 24.0 Å². The lowest BCUT2D eigenvalue weighted by Crippen LogP contribution is -2.41. The summed E-state index contributed by atoms with van der Waals surface area (Å²) in [5.41, 5.74) is 2.69. The van der Waals surface area contributed by atoms with Crippen LogP contribution < -0.4 is 20.1 Å². The van der Waals surface area contributed by atoms with Crippen LogP contribution >= 0.6 is 24.0 Å². The van der Waals surface area contributed by atoms with Gasteiger partial charge in [-0.05, 0) is 48.7 Å². The van der Waals surface area contributed by atoms with E-state index in [1.54, 1.807) is 27.1 Å². The number of hydrogen-bond acceptors (Lipinski definition) is 4. The zero-order valence-corrected chi connectivity index (χ0v) is 20.3. The third kappa shape index (κ3) is 7.82. The molecule has 7 nitrogen and oxygen atoms in total. The molecule has 9 heteroatoms. The molecule has 0 saturated heterocycles. The Hall–Kier alpha value is -1.85. The number of aliphatic imine (C=N–C) groups is 1. The fraction of sp³-hybridized carbons (Fsp3) is 0.350. The minimum atomic E-state index is -3.55. The highest BCUT2D eigenvalue weighted by Crippen LogP contribution is 2.16. The average Bonchev–Trinajstić information content (AvgIpc) is 2.69. The maximum Gasteiger partial charge on any atom is 0.240 e. The molecule has 160 valence electrons. The lowest BCUT2D eigenvalue weighted by atomic mass is 10.2. The number of sulfonamides is 1. The Balaban J connectivity index is 0.00000420. The molecular weight excluding hydrogens is 503 g/mol. The van der Waals surface area contributed by atoms with Crippen molar-refractivity contribution in [2.24, 2.45) is 4.99 Å². The molecule has 0 heterocycles. The van der Waals surface area contributed by atoms with Crippen molar-refractivity contribution in [3.63, 3.8) is 0 Å². The Bertz CT molecular complexity index is 933. The van der Waals surface area contributed by atoms with Crippen LogP contribution in [-0.4, -0.2) is 41.6 Å². The summed E-state index contributed by atoms with van der Waals surface area (Å²) < 4.78 is 32.8. The first-order chi connectivity index (χ1) is 13.4. The Morgan fingerprint density at radius 2 is 1.83 bits per heavy atom. The Labute approximate surface area is 190 Å². The van der Waals surface area contributed by atoms with Crippen LogP contribution in [-0.2, 0) is 16.6 Å². The van der Waals surface area contributed by atoms with Gasteiger partial charge < -0.3 is 15.4 Å². The number of benzene rings is 2. The van der Waals surface area contributed by atoms with Crippen molar-refractivity contribution < 1.29 is 13.2 Å². The van der Waals surface area contributed by atoms with Gasteiger partial charge in [-0.3, -0.25) is 4.99 Å². The normalized spacial score (nSPS) is 11.5. The molecule has 0 unspecified atom stereocenters. The number of nitrogens with one attached hydrogen (secondary N) is 3. The van der Waals surface area contributed by atoms with Gasteiger partial charge in [0.1, 0.15) is 5.75 Å². The summed E-state index contributed by atoms with van der Waals surface area (Å²) in [5, 5.41) is 6.29. The van der Waals surface area contributed by atoms with Crippen molar-refractivity contribution in [3.8, 4) is 5.75 Å². The summed E-state index contributed by atoms with van der Waals surface area (Å²) in [4.78, 5) is 4.46. The summed E-state index contributed by atoms with van der Waals surface area (Å²) in [6, 6.07) is 13.1. The van der Waals surface area contributed by atoms with Crippen LogP contribution in [0.5, 0.6) is 5.75 Å². The lowest BCUT2D eigenvalue weighted by Gasteiger charge is -2.14. The zero-order chi connectivity index (χ0) is 20.6. The molecule has 3 N–H and O–H groups in total. The smallest absolute Gasteiger partial charge is 0.240 e. The van der Waals surface area contributed by atoms with Gasteiger partial charge in [0.25, 0.3) is 0 Å². The fourth-order valence-corrected chi connectivity index (χ4v) is 3.99. The second-order valence-corrected chi connectivity index (χ2v) is 8.11. The van der Waals surface area contributed by atoms with E-state index in [-0.39, 0.29) is 30.5 Å². The van der Waals surface area contributed by atoms with Crippen LogP contribution in [0.2, 0.25) is 0 Å². The van der Waals surface area contributed by atoms with Crippen LogP contribution in [0.25, 0.3) is 0 Å². The monoisotopic (exact) mass is 532 g/mol. The average molecular weight is 532 g/mol. The predicted molar refractivity (Wildman–Crippen MR) is 128 cm³/mol. The van der Waals surface area contributed by atoms with E-state index in [9.17, 15) is 8.42 Å². The SMILES string of the molecule is CN=C(NCCNS(=O)(=O)c1cc(C)ccc1C)NCc1cccc(OC)c1.I. The number of guanidine groups is 1. The summed E-state index contributed by atoms with van der Waals surface area (Å²) in [7, 11) is -0.246. The van der Waals surface area contributed by atoms with Crippen LogP contribution in [0.4, 0.5) is 0 Å². The molecule has 0 amide bonds. The molecule has 0 aromatic heterocycles.